The summed E-state index contributed by atoms with van der Waals surface area (Å²) in [5, 5.41) is 16.7. The Hall–Kier alpha value is -3.95. The largest absolute Gasteiger partial charge is 0.495 e. The number of hydrogen-bond donors (Lipinski definition) is 3. The van der Waals surface area contributed by atoms with Crippen molar-refractivity contribution in [3.63, 3.8) is 0 Å². The third kappa shape index (κ3) is 4.43. The van der Waals surface area contributed by atoms with Gasteiger partial charge >= 0.3 is 13.1 Å². The standard InChI is InChI=1S/C25H23BClN5O3/c1-26(34)32-13-10-18-16(8-11-28-24(18)32)15-31-12-9-19-20(4-3-5-22(19)31)29-25(33)30-21-14-17(27)6-7-23(21)35-2/h3-14,34H,15H2,1-2H3,(H2,29,30,33)/i2D3,15D2. The van der Waals surface area contributed by atoms with Crippen LogP contribution in [0, 0.1) is 0 Å². The molecule has 0 aliphatic carbocycles. The fraction of sp³-hybridized carbons (Fsp3) is 0.120. The van der Waals surface area contributed by atoms with Gasteiger partial charge in [0.15, 0.2) is 0 Å². The summed E-state index contributed by atoms with van der Waals surface area (Å²) in [5.74, 6) is -0.0785. The Balaban J connectivity index is 1.46. The van der Waals surface area contributed by atoms with Crippen molar-refractivity contribution < 1.29 is 21.4 Å². The van der Waals surface area contributed by atoms with Crippen molar-refractivity contribution in [2.75, 3.05) is 17.7 Å². The third-order valence-electron chi connectivity index (χ3n) is 5.54. The molecule has 0 aliphatic heterocycles. The number of benzene rings is 2. The number of amides is 2. The first-order valence-corrected chi connectivity index (χ1v) is 11.0. The van der Waals surface area contributed by atoms with Crippen molar-refractivity contribution in [1.82, 2.24) is 14.0 Å². The van der Waals surface area contributed by atoms with E-state index in [1.807, 2.05) is 0 Å². The fourth-order valence-electron chi connectivity index (χ4n) is 3.93. The number of halogens is 1. The first-order valence-electron chi connectivity index (χ1n) is 13.2. The lowest BCUT2D eigenvalue weighted by molar-refractivity contribution is 0.262. The van der Waals surface area contributed by atoms with Crippen molar-refractivity contribution in [3.8, 4) is 5.75 Å². The molecular formula is C25H23BClN5O3. The molecule has 0 spiro atoms. The molecule has 2 aromatic carbocycles. The highest BCUT2D eigenvalue weighted by Gasteiger charge is 2.15. The van der Waals surface area contributed by atoms with Crippen LogP contribution in [0.2, 0.25) is 11.8 Å². The highest BCUT2D eigenvalue weighted by Crippen LogP contribution is 2.29. The van der Waals surface area contributed by atoms with Gasteiger partial charge in [-0.25, -0.2) is 9.78 Å². The van der Waals surface area contributed by atoms with E-state index in [0.717, 1.165) is 0 Å². The number of methoxy groups -OCH3 is 1. The summed E-state index contributed by atoms with van der Waals surface area (Å²) in [6.07, 6.45) is 4.74. The van der Waals surface area contributed by atoms with Crippen LogP contribution >= 0.6 is 11.6 Å². The van der Waals surface area contributed by atoms with Crippen molar-refractivity contribution in [1.29, 1.82) is 0 Å². The molecule has 8 nitrogen and oxygen atoms in total. The van der Waals surface area contributed by atoms with Crippen LogP contribution in [0.1, 0.15) is 12.4 Å². The van der Waals surface area contributed by atoms with Gasteiger partial charge in [0, 0.05) is 34.7 Å². The number of carbonyl (C=O) groups excluding carboxylic acids is 1. The molecule has 3 aromatic heterocycles. The van der Waals surface area contributed by atoms with Gasteiger partial charge in [-0.15, -0.1) is 0 Å². The quantitative estimate of drug-likeness (QED) is 0.280. The Morgan fingerprint density at radius 2 is 2.00 bits per heavy atom. The summed E-state index contributed by atoms with van der Waals surface area (Å²) < 4.78 is 48.1. The molecule has 0 atom stereocenters. The molecule has 0 saturated heterocycles. The van der Waals surface area contributed by atoms with Gasteiger partial charge in [0.1, 0.15) is 11.4 Å². The summed E-state index contributed by atoms with van der Waals surface area (Å²) in [6, 6.07) is 13.5. The average Bonchev–Trinajstić information content (AvgIpc) is 3.50. The minimum absolute atomic E-state index is 0.0630. The number of nitrogens with one attached hydrogen (secondary N) is 2. The second kappa shape index (κ2) is 9.36. The molecule has 3 N–H and O–H groups in total. The van der Waals surface area contributed by atoms with Crippen molar-refractivity contribution >= 4 is 58.0 Å². The van der Waals surface area contributed by atoms with E-state index < -0.39 is 26.6 Å². The van der Waals surface area contributed by atoms with Crippen LogP contribution in [-0.4, -0.2) is 39.2 Å². The smallest absolute Gasteiger partial charge is 0.414 e. The highest BCUT2D eigenvalue weighted by molar-refractivity contribution is 6.48. The molecule has 3 heterocycles. The number of pyridine rings is 1. The summed E-state index contributed by atoms with van der Waals surface area (Å²) in [7, 11) is -3.56. The van der Waals surface area contributed by atoms with E-state index in [9.17, 15) is 9.82 Å². The molecule has 176 valence electrons. The van der Waals surface area contributed by atoms with Crippen LogP contribution < -0.4 is 15.4 Å². The predicted molar refractivity (Wildman–Crippen MR) is 141 cm³/mol. The average molecular weight is 493 g/mol. The normalized spacial score (nSPS) is 14.0. The second-order valence-corrected chi connectivity index (χ2v) is 8.24. The van der Waals surface area contributed by atoms with Crippen LogP contribution in [0.4, 0.5) is 16.2 Å². The zero-order valence-corrected chi connectivity index (χ0v) is 19.2. The molecule has 0 saturated carbocycles. The fourth-order valence-corrected chi connectivity index (χ4v) is 4.10. The maximum absolute atomic E-state index is 12.9. The van der Waals surface area contributed by atoms with E-state index >= 15 is 0 Å². The van der Waals surface area contributed by atoms with Crippen LogP contribution in [-0.2, 0) is 6.50 Å². The van der Waals surface area contributed by atoms with E-state index in [0.29, 0.717) is 33.2 Å². The molecule has 5 rings (SSSR count). The van der Waals surface area contributed by atoms with Gasteiger partial charge in [0.2, 0.25) is 0 Å². The number of anilines is 2. The van der Waals surface area contributed by atoms with Gasteiger partial charge in [-0.3, -0.25) is 0 Å². The molecule has 2 amide bonds. The molecule has 0 fully saturated rings. The van der Waals surface area contributed by atoms with E-state index in [4.69, 9.17) is 23.2 Å². The Morgan fingerprint density at radius 3 is 2.83 bits per heavy atom. The van der Waals surface area contributed by atoms with Crippen molar-refractivity contribution in [3.05, 3.63) is 83.8 Å². The Kier molecular flexibility index (Phi) is 4.68. The van der Waals surface area contributed by atoms with Crippen LogP contribution in [0.5, 0.6) is 5.75 Å². The maximum Gasteiger partial charge on any atom is 0.414 e. The molecule has 0 unspecified atom stereocenters. The Bertz CT molecular complexity index is 1740. The summed E-state index contributed by atoms with van der Waals surface area (Å²) in [5.41, 5.74) is 1.78. The second-order valence-electron chi connectivity index (χ2n) is 7.81. The lowest BCUT2D eigenvalue weighted by Gasteiger charge is -2.13. The van der Waals surface area contributed by atoms with Gasteiger partial charge < -0.3 is 29.4 Å². The van der Waals surface area contributed by atoms with E-state index in [-0.39, 0.29) is 16.5 Å². The predicted octanol–water partition coefficient (Wildman–Crippen LogP) is 5.30. The van der Waals surface area contributed by atoms with Gasteiger partial charge in [0.05, 0.1) is 30.8 Å². The lowest BCUT2D eigenvalue weighted by Crippen LogP contribution is -2.20. The van der Waals surface area contributed by atoms with Gasteiger partial charge in [0.25, 0.3) is 0 Å². The lowest BCUT2D eigenvalue weighted by atomic mass is 9.88. The minimum Gasteiger partial charge on any atom is -0.495 e. The van der Waals surface area contributed by atoms with Gasteiger partial charge in [-0.2, -0.15) is 0 Å². The zero-order valence-electron chi connectivity index (χ0n) is 23.5. The van der Waals surface area contributed by atoms with Crippen LogP contribution in [0.25, 0.3) is 21.9 Å². The topological polar surface area (TPSA) is 93.3 Å². The number of urea groups is 1. The number of fused-ring (bicyclic) bond motifs is 2. The van der Waals surface area contributed by atoms with Crippen LogP contribution in [0.15, 0.2) is 73.2 Å². The molecule has 0 bridgehead atoms. The van der Waals surface area contributed by atoms with Gasteiger partial charge in [-0.1, -0.05) is 17.7 Å². The number of nitrogens with zero attached hydrogens (tertiary/aromatic N) is 3. The molecule has 35 heavy (non-hydrogen) atoms. The van der Waals surface area contributed by atoms with E-state index in [2.05, 4.69) is 15.6 Å². The number of carbonyl (C=O) groups is 1. The minimum atomic E-state index is -2.73. The van der Waals surface area contributed by atoms with Crippen molar-refractivity contribution in [2.45, 2.75) is 13.3 Å². The SMILES string of the molecule is [2H]C([2H])([2H])Oc1ccc(Cl)cc1NC(=O)Nc1cccc2c1ccn2C([2H])([2H])c1ccnc2c1ccn2B(C)O. The molecular weight excluding hydrogens is 465 g/mol. The number of aromatic nitrogens is 3. The molecule has 10 heteroatoms. The summed E-state index contributed by atoms with van der Waals surface area (Å²) >= 11 is 6.04. The first-order chi connectivity index (χ1) is 18.8. The molecule has 0 aliphatic rings. The highest BCUT2D eigenvalue weighted by atomic mass is 35.5. The Morgan fingerprint density at radius 1 is 1.17 bits per heavy atom. The maximum atomic E-state index is 12.9. The van der Waals surface area contributed by atoms with E-state index in [1.54, 1.807) is 60.1 Å². The molecule has 0 radical (unpaired) electrons. The monoisotopic (exact) mass is 492 g/mol. The van der Waals surface area contributed by atoms with Crippen molar-refractivity contribution in [2.24, 2.45) is 0 Å². The van der Waals surface area contributed by atoms with Crippen LogP contribution in [0.3, 0.4) is 0 Å². The first kappa shape index (κ1) is 17.5. The number of hydrogen-bond acceptors (Lipinski definition) is 4. The van der Waals surface area contributed by atoms with Gasteiger partial charge in [-0.05, 0) is 67.1 Å². The zero-order chi connectivity index (χ0) is 28.8. The summed E-state index contributed by atoms with van der Waals surface area (Å²) in [6.45, 7) is -0.419. The number of ether oxygens (including phenoxy) is 1. The Labute approximate surface area is 214 Å². The summed E-state index contributed by atoms with van der Waals surface area (Å²) in [4.78, 5) is 17.2. The van der Waals surface area contributed by atoms with E-state index in [1.165, 1.54) is 29.0 Å². The molecule has 5 aromatic rings. The number of rotatable bonds is 6. The third-order valence-corrected chi connectivity index (χ3v) is 5.77.